The molecule has 0 spiro atoms. The molecule has 0 bridgehead atoms. The molecule has 0 saturated heterocycles. The summed E-state index contributed by atoms with van der Waals surface area (Å²) < 4.78 is 5.08. The molecule has 0 aromatic heterocycles. The first kappa shape index (κ1) is 25.7. The maximum Gasteiger partial charge on any atom is 0.305 e. The van der Waals surface area contributed by atoms with E-state index in [9.17, 15) is 15.0 Å². The molecule has 0 fully saturated rings. The monoisotopic (exact) mass is 442 g/mol. The normalized spacial score (nSPS) is 12.6. The molecule has 0 amide bonds. The summed E-state index contributed by atoms with van der Waals surface area (Å²) in [5.74, 6) is 0.119. The highest BCUT2D eigenvalue weighted by Crippen LogP contribution is 2.43. The Morgan fingerprint density at radius 3 is 1.62 bits per heavy atom. The van der Waals surface area contributed by atoms with Crippen molar-refractivity contribution in [1.82, 2.24) is 0 Å². The van der Waals surface area contributed by atoms with Crippen molar-refractivity contribution >= 4 is 5.97 Å². The van der Waals surface area contributed by atoms with Crippen LogP contribution in [0.2, 0.25) is 0 Å². The van der Waals surface area contributed by atoms with Crippen molar-refractivity contribution < 1.29 is 24.9 Å². The van der Waals surface area contributed by atoms with Crippen LogP contribution in [0.4, 0.5) is 0 Å². The van der Waals surface area contributed by atoms with Crippen LogP contribution in [-0.2, 0) is 25.8 Å². The fraction of sp³-hybridized carbons (Fsp3) is 0.519. The summed E-state index contributed by atoms with van der Waals surface area (Å²) in [5, 5.41) is 29.9. The molecule has 5 nitrogen and oxygen atoms in total. The number of ether oxygens (including phenoxy) is 1. The minimum Gasteiger partial charge on any atom is -0.508 e. The minimum absolute atomic E-state index is 0.0175. The predicted octanol–water partition coefficient (Wildman–Crippen LogP) is 5.31. The molecule has 176 valence electrons. The minimum atomic E-state index is -0.570. The van der Waals surface area contributed by atoms with Gasteiger partial charge in [-0.2, -0.15) is 0 Å². The number of carbonyl (C=O) groups is 1. The lowest BCUT2D eigenvalue weighted by molar-refractivity contribution is -0.145. The van der Waals surface area contributed by atoms with Gasteiger partial charge in [-0.25, -0.2) is 0 Å². The SMILES string of the molecule is CC(C)(C)c1cc(C(C)(CCC(=O)OCCO)c2ccc(O)c(C(C)(C)C)c2)ccc1O. The zero-order valence-corrected chi connectivity index (χ0v) is 20.5. The van der Waals surface area contributed by atoms with Crippen LogP contribution in [0.5, 0.6) is 11.5 Å². The number of carbonyl (C=O) groups excluding carboxylic acids is 1. The number of aromatic hydroxyl groups is 2. The summed E-state index contributed by atoms with van der Waals surface area (Å²) in [5.41, 5.74) is 2.53. The van der Waals surface area contributed by atoms with Crippen LogP contribution < -0.4 is 0 Å². The fourth-order valence-electron chi connectivity index (χ4n) is 4.00. The van der Waals surface area contributed by atoms with Gasteiger partial charge in [0.05, 0.1) is 6.61 Å². The van der Waals surface area contributed by atoms with Crippen LogP contribution in [0.3, 0.4) is 0 Å². The third kappa shape index (κ3) is 5.83. The van der Waals surface area contributed by atoms with Gasteiger partial charge in [-0.3, -0.25) is 4.79 Å². The third-order valence-corrected chi connectivity index (χ3v) is 6.07. The summed E-state index contributed by atoms with van der Waals surface area (Å²) >= 11 is 0. The lowest BCUT2D eigenvalue weighted by atomic mass is 9.70. The van der Waals surface area contributed by atoms with Crippen molar-refractivity contribution in [2.75, 3.05) is 13.2 Å². The van der Waals surface area contributed by atoms with Crippen LogP contribution in [0.25, 0.3) is 0 Å². The van der Waals surface area contributed by atoms with E-state index >= 15 is 0 Å². The summed E-state index contributed by atoms with van der Waals surface area (Å²) in [6, 6.07) is 11.2. The Morgan fingerprint density at radius 2 is 1.25 bits per heavy atom. The van der Waals surface area contributed by atoms with E-state index in [0.29, 0.717) is 6.42 Å². The molecule has 32 heavy (non-hydrogen) atoms. The van der Waals surface area contributed by atoms with Crippen molar-refractivity contribution in [2.45, 2.75) is 77.6 Å². The predicted molar refractivity (Wildman–Crippen MR) is 127 cm³/mol. The second-order valence-electron chi connectivity index (χ2n) is 10.7. The van der Waals surface area contributed by atoms with Crippen LogP contribution in [0, 0.1) is 0 Å². The number of hydrogen-bond donors (Lipinski definition) is 3. The molecule has 0 aliphatic rings. The number of aliphatic hydroxyl groups excluding tert-OH is 1. The molecular weight excluding hydrogens is 404 g/mol. The second kappa shape index (κ2) is 9.53. The molecule has 2 rings (SSSR count). The van der Waals surface area contributed by atoms with Gasteiger partial charge in [-0.1, -0.05) is 72.7 Å². The molecule has 0 unspecified atom stereocenters. The zero-order valence-electron chi connectivity index (χ0n) is 20.5. The molecule has 0 saturated carbocycles. The first-order valence-corrected chi connectivity index (χ1v) is 11.1. The Balaban J connectivity index is 2.63. The highest BCUT2D eigenvalue weighted by atomic mass is 16.5. The van der Waals surface area contributed by atoms with Crippen LogP contribution >= 0.6 is 0 Å². The van der Waals surface area contributed by atoms with Crippen LogP contribution in [-0.4, -0.2) is 34.5 Å². The smallest absolute Gasteiger partial charge is 0.305 e. The van der Waals surface area contributed by atoms with Gasteiger partial charge in [0.2, 0.25) is 0 Å². The fourth-order valence-corrected chi connectivity index (χ4v) is 4.00. The van der Waals surface area contributed by atoms with Gasteiger partial charge in [-0.05, 0) is 51.6 Å². The molecule has 0 aliphatic carbocycles. The summed E-state index contributed by atoms with van der Waals surface area (Å²) in [7, 11) is 0. The Hall–Kier alpha value is -2.53. The Morgan fingerprint density at radius 1 is 0.812 bits per heavy atom. The Labute approximate surface area is 192 Å². The Kier molecular flexibility index (Phi) is 7.67. The van der Waals surface area contributed by atoms with E-state index in [1.807, 2.05) is 65.8 Å². The maximum atomic E-state index is 12.3. The maximum absolute atomic E-state index is 12.3. The van der Waals surface area contributed by atoms with Crippen LogP contribution in [0.1, 0.15) is 83.6 Å². The first-order valence-electron chi connectivity index (χ1n) is 11.1. The lowest BCUT2D eigenvalue weighted by Crippen LogP contribution is -2.27. The van der Waals surface area contributed by atoms with Crippen LogP contribution in [0.15, 0.2) is 36.4 Å². The molecule has 2 aromatic rings. The van der Waals surface area contributed by atoms with E-state index in [4.69, 9.17) is 9.84 Å². The van der Waals surface area contributed by atoms with E-state index < -0.39 is 5.41 Å². The third-order valence-electron chi connectivity index (χ3n) is 6.07. The molecule has 5 heteroatoms. The number of rotatable bonds is 7. The number of hydrogen-bond acceptors (Lipinski definition) is 5. The van der Waals surface area contributed by atoms with Gasteiger partial charge < -0.3 is 20.1 Å². The quantitative estimate of drug-likeness (QED) is 0.506. The van der Waals surface area contributed by atoms with Gasteiger partial charge in [0, 0.05) is 11.8 Å². The van der Waals surface area contributed by atoms with Crippen molar-refractivity contribution in [2.24, 2.45) is 0 Å². The van der Waals surface area contributed by atoms with E-state index in [1.54, 1.807) is 12.1 Å². The number of phenolic OH excluding ortho intramolecular Hbond substituents is 2. The Bertz CT molecular complexity index is 884. The van der Waals surface area contributed by atoms with E-state index in [0.717, 1.165) is 22.3 Å². The van der Waals surface area contributed by atoms with E-state index in [-0.39, 0.29) is 47.9 Å². The standard InChI is InChI=1S/C27H38O5/c1-25(2,3)20-16-18(8-10-22(20)29)27(7,13-12-24(31)32-15-14-28)19-9-11-23(30)21(17-19)26(4,5)6/h8-11,16-17,28-30H,12-15H2,1-7H3. The number of benzene rings is 2. The highest BCUT2D eigenvalue weighted by Gasteiger charge is 2.33. The molecule has 0 heterocycles. The van der Waals surface area contributed by atoms with E-state index in [1.165, 1.54) is 0 Å². The van der Waals surface area contributed by atoms with E-state index in [2.05, 4.69) is 6.92 Å². The zero-order chi connectivity index (χ0) is 24.3. The molecular formula is C27H38O5. The summed E-state index contributed by atoms with van der Waals surface area (Å²) in [4.78, 5) is 12.3. The van der Waals surface area contributed by atoms with Crippen molar-refractivity contribution in [3.8, 4) is 11.5 Å². The molecule has 2 aromatic carbocycles. The average Bonchev–Trinajstić information content (AvgIpc) is 2.69. The lowest BCUT2D eigenvalue weighted by Gasteiger charge is -2.34. The average molecular weight is 443 g/mol. The molecule has 0 radical (unpaired) electrons. The highest BCUT2D eigenvalue weighted by molar-refractivity contribution is 5.69. The van der Waals surface area contributed by atoms with Gasteiger partial charge in [-0.15, -0.1) is 0 Å². The molecule has 3 N–H and O–H groups in total. The van der Waals surface area contributed by atoms with Gasteiger partial charge in [0.25, 0.3) is 0 Å². The second-order valence-corrected chi connectivity index (χ2v) is 10.7. The van der Waals surface area contributed by atoms with Crippen molar-refractivity contribution in [3.05, 3.63) is 58.7 Å². The number of esters is 1. The number of aliphatic hydroxyl groups is 1. The molecule has 0 atom stereocenters. The largest absolute Gasteiger partial charge is 0.508 e. The first-order chi connectivity index (χ1) is 14.7. The van der Waals surface area contributed by atoms with Gasteiger partial charge in [0.15, 0.2) is 0 Å². The van der Waals surface area contributed by atoms with Gasteiger partial charge >= 0.3 is 5.97 Å². The summed E-state index contributed by atoms with van der Waals surface area (Å²) in [6.07, 6.45) is 0.647. The summed E-state index contributed by atoms with van der Waals surface area (Å²) in [6.45, 7) is 14.1. The topological polar surface area (TPSA) is 87.0 Å². The van der Waals surface area contributed by atoms with Gasteiger partial charge in [0.1, 0.15) is 18.1 Å². The number of phenols is 2. The van der Waals surface area contributed by atoms with Crippen molar-refractivity contribution in [3.63, 3.8) is 0 Å². The van der Waals surface area contributed by atoms with Crippen molar-refractivity contribution in [1.29, 1.82) is 0 Å². The molecule has 0 aliphatic heterocycles.